The normalized spacial score (nSPS) is 11.5. The average molecular weight is 407 g/mol. The molecular weight excluding hydrogens is 388 g/mol. The van der Waals surface area contributed by atoms with E-state index in [1.54, 1.807) is 38.2 Å². The molecule has 0 saturated carbocycles. The number of nitrogens with one attached hydrogen (secondary N) is 1. The number of carboxylic acids is 1. The fourth-order valence-electron chi connectivity index (χ4n) is 2.80. The van der Waals surface area contributed by atoms with Crippen molar-refractivity contribution in [1.29, 1.82) is 0 Å². The summed E-state index contributed by atoms with van der Waals surface area (Å²) >= 11 is 0. The van der Waals surface area contributed by atoms with Crippen LogP contribution in [0.3, 0.4) is 0 Å². The summed E-state index contributed by atoms with van der Waals surface area (Å²) in [6, 6.07) is 14.9. The summed E-state index contributed by atoms with van der Waals surface area (Å²) in [6.45, 7) is 3.29. The number of hydrogen-bond donors (Lipinski definition) is 1. The maximum absolute atomic E-state index is 12.9. The van der Waals surface area contributed by atoms with Crippen LogP contribution in [0.4, 0.5) is 5.69 Å². The van der Waals surface area contributed by atoms with Gasteiger partial charge in [0.05, 0.1) is 16.6 Å². The van der Waals surface area contributed by atoms with Gasteiger partial charge in [-0.25, -0.2) is 8.42 Å². The zero-order valence-electron chi connectivity index (χ0n) is 15.9. The first kappa shape index (κ1) is 20.3. The minimum atomic E-state index is -3.98. The molecule has 2 aromatic carbocycles. The molecule has 0 aliphatic rings. The number of benzene rings is 2. The molecule has 0 fully saturated rings. The average Bonchev–Trinajstić information content (AvgIpc) is 2.69. The lowest BCUT2D eigenvalue weighted by atomic mass is 10.1. The highest BCUT2D eigenvalue weighted by Gasteiger charge is 2.19. The van der Waals surface area contributed by atoms with Crippen LogP contribution < -0.4 is 9.83 Å². The molecule has 0 unspecified atom stereocenters. The topological polar surface area (TPSA) is 99.2 Å². The predicted octanol–water partition coefficient (Wildman–Crippen LogP) is 3.03. The van der Waals surface area contributed by atoms with E-state index < -0.39 is 16.0 Å². The van der Waals surface area contributed by atoms with Gasteiger partial charge in [-0.2, -0.15) is 0 Å². The highest BCUT2D eigenvalue weighted by Crippen LogP contribution is 2.24. The zero-order chi connectivity index (χ0) is 21.0. The lowest BCUT2D eigenvalue weighted by Gasteiger charge is -2.15. The predicted molar refractivity (Wildman–Crippen MR) is 111 cm³/mol. The number of carbonyl (C=O) groups is 1. The smallest absolute Gasteiger partial charge is 0.262 e. The summed E-state index contributed by atoms with van der Waals surface area (Å²) in [5.41, 5.74) is 2.79. The first-order chi connectivity index (χ1) is 13.8. The number of nitrogens with zero attached hydrogens (tertiary/aromatic N) is 1. The molecule has 3 aromatic rings. The number of carbonyl (C=O) groups excluding carboxylic acids is 1. The number of anilines is 1. The molecule has 0 saturated heterocycles. The molecule has 29 heavy (non-hydrogen) atoms. The number of aromatic nitrogens is 1. The van der Waals surface area contributed by atoms with Gasteiger partial charge in [-0.15, -0.1) is 0 Å². The Balaban J connectivity index is 1.90. The molecule has 0 amide bonds. The Morgan fingerprint density at radius 1 is 1.03 bits per heavy atom. The van der Waals surface area contributed by atoms with Gasteiger partial charge in [-0.05, 0) is 78.6 Å². The van der Waals surface area contributed by atoms with Gasteiger partial charge >= 0.3 is 0 Å². The summed E-state index contributed by atoms with van der Waals surface area (Å²) in [6.07, 6.45) is 5.34. The Morgan fingerprint density at radius 3 is 2.52 bits per heavy atom. The van der Waals surface area contributed by atoms with Crippen LogP contribution in [0.5, 0.6) is 0 Å². The third-order valence-electron chi connectivity index (χ3n) is 4.42. The fourth-order valence-corrected chi connectivity index (χ4v) is 4.19. The first-order valence-corrected chi connectivity index (χ1v) is 10.3. The van der Waals surface area contributed by atoms with Crippen LogP contribution in [-0.2, 0) is 10.0 Å². The van der Waals surface area contributed by atoms with Gasteiger partial charge in [-0.3, -0.25) is 9.71 Å². The van der Waals surface area contributed by atoms with Gasteiger partial charge in [-0.1, -0.05) is 24.3 Å². The standard InChI is InChI=1S/C22H20N2O4S/c1-15-12-18(22(25)26)14-21(16(15)2)29(27,28)24-20-8-5-6-17(13-20)9-10-19-7-3-4-11-23-19/h3-14,24H,1-2H3,(H,25,26)/p-1/b10-9+. The number of carboxylic acid groups (broad SMARTS) is 1. The van der Waals surface area contributed by atoms with Crippen molar-refractivity contribution >= 4 is 33.8 Å². The largest absolute Gasteiger partial charge is 0.545 e. The van der Waals surface area contributed by atoms with Gasteiger partial charge in [0.15, 0.2) is 0 Å². The number of rotatable bonds is 6. The van der Waals surface area contributed by atoms with Crippen molar-refractivity contribution < 1.29 is 18.3 Å². The van der Waals surface area contributed by atoms with Crippen molar-refractivity contribution in [2.75, 3.05) is 4.72 Å². The minimum absolute atomic E-state index is 0.0915. The fraction of sp³-hybridized carbons (Fsp3) is 0.0909. The molecule has 148 valence electrons. The number of pyridine rings is 1. The van der Waals surface area contributed by atoms with Crippen molar-refractivity contribution in [3.63, 3.8) is 0 Å². The summed E-state index contributed by atoms with van der Waals surface area (Å²) in [4.78, 5) is 15.3. The Bertz CT molecular complexity index is 1190. The van der Waals surface area contributed by atoms with Crippen molar-refractivity contribution in [3.8, 4) is 0 Å². The van der Waals surface area contributed by atoms with E-state index in [4.69, 9.17) is 0 Å². The van der Waals surface area contributed by atoms with Crippen LogP contribution in [0.25, 0.3) is 12.2 Å². The van der Waals surface area contributed by atoms with E-state index in [2.05, 4.69) is 9.71 Å². The summed E-state index contributed by atoms with van der Waals surface area (Å²) < 4.78 is 28.3. The van der Waals surface area contributed by atoms with E-state index in [-0.39, 0.29) is 10.5 Å². The maximum atomic E-state index is 12.9. The van der Waals surface area contributed by atoms with E-state index in [0.717, 1.165) is 17.3 Å². The van der Waals surface area contributed by atoms with Gasteiger partial charge in [0.1, 0.15) is 0 Å². The molecule has 6 nitrogen and oxygen atoms in total. The quantitative estimate of drug-likeness (QED) is 0.677. The lowest BCUT2D eigenvalue weighted by molar-refractivity contribution is -0.255. The van der Waals surface area contributed by atoms with E-state index in [1.165, 1.54) is 6.07 Å². The minimum Gasteiger partial charge on any atom is -0.545 e. The van der Waals surface area contributed by atoms with E-state index in [1.807, 2.05) is 36.4 Å². The molecule has 0 spiro atoms. The van der Waals surface area contributed by atoms with E-state index in [0.29, 0.717) is 16.8 Å². The first-order valence-electron chi connectivity index (χ1n) is 8.81. The van der Waals surface area contributed by atoms with Crippen LogP contribution in [0, 0.1) is 13.8 Å². The second-order valence-corrected chi connectivity index (χ2v) is 8.17. The van der Waals surface area contributed by atoms with E-state index >= 15 is 0 Å². The van der Waals surface area contributed by atoms with Crippen LogP contribution >= 0.6 is 0 Å². The van der Waals surface area contributed by atoms with Crippen LogP contribution in [0.15, 0.2) is 65.7 Å². The third-order valence-corrected chi connectivity index (χ3v) is 5.93. The van der Waals surface area contributed by atoms with Crippen molar-refractivity contribution in [1.82, 2.24) is 4.98 Å². The second-order valence-electron chi connectivity index (χ2n) is 6.52. The second kappa shape index (κ2) is 8.28. The van der Waals surface area contributed by atoms with Gasteiger partial charge < -0.3 is 9.90 Å². The Hall–Kier alpha value is -3.45. The highest BCUT2D eigenvalue weighted by atomic mass is 32.2. The maximum Gasteiger partial charge on any atom is 0.262 e. The monoisotopic (exact) mass is 407 g/mol. The highest BCUT2D eigenvalue weighted by molar-refractivity contribution is 7.92. The van der Waals surface area contributed by atoms with Crippen LogP contribution in [-0.4, -0.2) is 19.4 Å². The third kappa shape index (κ3) is 4.89. The molecule has 3 rings (SSSR count). The van der Waals surface area contributed by atoms with Crippen LogP contribution in [0.1, 0.15) is 32.7 Å². The molecule has 0 bridgehead atoms. The molecule has 0 atom stereocenters. The number of aromatic carboxylic acids is 1. The van der Waals surface area contributed by atoms with Crippen molar-refractivity contribution in [2.24, 2.45) is 0 Å². The number of sulfonamides is 1. The van der Waals surface area contributed by atoms with Crippen molar-refractivity contribution in [2.45, 2.75) is 18.7 Å². The Morgan fingerprint density at radius 2 is 1.83 bits per heavy atom. The zero-order valence-corrected chi connectivity index (χ0v) is 16.7. The molecule has 0 aliphatic heterocycles. The van der Waals surface area contributed by atoms with Gasteiger partial charge in [0.2, 0.25) is 0 Å². The molecule has 1 aromatic heterocycles. The summed E-state index contributed by atoms with van der Waals surface area (Å²) in [5.74, 6) is -1.42. The van der Waals surface area contributed by atoms with Gasteiger partial charge in [0.25, 0.3) is 10.0 Å². The molecule has 1 heterocycles. The lowest BCUT2D eigenvalue weighted by Crippen LogP contribution is -2.23. The number of aryl methyl sites for hydroxylation is 1. The van der Waals surface area contributed by atoms with Crippen molar-refractivity contribution in [3.05, 3.63) is 88.7 Å². The van der Waals surface area contributed by atoms with E-state index in [9.17, 15) is 18.3 Å². The Labute approximate surface area is 169 Å². The van der Waals surface area contributed by atoms with Gasteiger partial charge in [0, 0.05) is 11.9 Å². The summed E-state index contributed by atoms with van der Waals surface area (Å²) in [5, 5.41) is 11.2. The Kier molecular flexibility index (Phi) is 5.79. The van der Waals surface area contributed by atoms with Crippen LogP contribution in [0.2, 0.25) is 0 Å². The molecule has 7 heteroatoms. The summed E-state index contributed by atoms with van der Waals surface area (Å²) in [7, 11) is -3.98. The molecule has 1 N–H and O–H groups in total. The molecule has 0 radical (unpaired) electrons. The molecular formula is C22H19N2O4S-. The molecule has 0 aliphatic carbocycles. The SMILES string of the molecule is Cc1cc(C(=O)[O-])cc(S(=O)(=O)Nc2cccc(/C=C/c3ccccn3)c2)c1C. The number of hydrogen-bond acceptors (Lipinski definition) is 5.